The third-order valence-electron chi connectivity index (χ3n) is 3.14. The molecule has 5 N–H and O–H groups in total. The maximum absolute atomic E-state index is 11.9. The van der Waals surface area contributed by atoms with Crippen LogP contribution in [0.25, 0.3) is 0 Å². The number of amidine groups is 1. The summed E-state index contributed by atoms with van der Waals surface area (Å²) in [5.74, 6) is -0.213. The highest BCUT2D eigenvalue weighted by molar-refractivity contribution is 5.99. The van der Waals surface area contributed by atoms with E-state index < -0.39 is 0 Å². The molecule has 106 valence electrons. The highest BCUT2D eigenvalue weighted by Crippen LogP contribution is 2.07. The molecule has 7 heteroatoms. The second-order valence-electron chi connectivity index (χ2n) is 4.58. The molecule has 2 rings (SSSR count). The quantitative estimate of drug-likeness (QED) is 0.263. The van der Waals surface area contributed by atoms with Crippen molar-refractivity contribution in [1.82, 2.24) is 10.6 Å². The Morgan fingerprint density at radius 2 is 2.05 bits per heavy atom. The predicted molar refractivity (Wildman–Crippen MR) is 72.5 cm³/mol. The molecule has 0 aliphatic carbocycles. The van der Waals surface area contributed by atoms with E-state index in [1.165, 1.54) is 0 Å². The number of amides is 2. The molecular weight excluding hydrogens is 260 g/mol. The predicted octanol–water partition coefficient (Wildman–Crippen LogP) is -0.210. The van der Waals surface area contributed by atoms with Gasteiger partial charge in [0.25, 0.3) is 5.91 Å². The lowest BCUT2D eigenvalue weighted by Crippen LogP contribution is -2.38. The summed E-state index contributed by atoms with van der Waals surface area (Å²) in [6.07, 6.45) is 1.25. The molecule has 1 aromatic rings. The van der Waals surface area contributed by atoms with Crippen molar-refractivity contribution in [1.29, 1.82) is 0 Å². The number of nitrogens with one attached hydrogen (secondary N) is 2. The van der Waals surface area contributed by atoms with Crippen molar-refractivity contribution in [3.05, 3.63) is 35.4 Å². The van der Waals surface area contributed by atoms with Gasteiger partial charge in [-0.1, -0.05) is 17.3 Å². The Morgan fingerprint density at radius 3 is 2.60 bits per heavy atom. The maximum atomic E-state index is 11.9. The van der Waals surface area contributed by atoms with Gasteiger partial charge in [0.15, 0.2) is 5.84 Å². The Morgan fingerprint density at radius 1 is 1.40 bits per heavy atom. The Hall–Kier alpha value is -2.57. The van der Waals surface area contributed by atoms with Crippen molar-refractivity contribution >= 4 is 17.6 Å². The molecule has 1 unspecified atom stereocenters. The first-order valence-corrected chi connectivity index (χ1v) is 6.25. The molecule has 1 aliphatic rings. The Kier molecular flexibility index (Phi) is 4.19. The molecule has 2 amide bonds. The van der Waals surface area contributed by atoms with E-state index in [0.717, 1.165) is 6.42 Å². The summed E-state index contributed by atoms with van der Waals surface area (Å²) >= 11 is 0. The van der Waals surface area contributed by atoms with Gasteiger partial charge in [-0.2, -0.15) is 0 Å². The zero-order valence-electron chi connectivity index (χ0n) is 10.8. The van der Waals surface area contributed by atoms with Crippen LogP contribution in [0.2, 0.25) is 0 Å². The largest absolute Gasteiger partial charge is 0.409 e. The Balaban J connectivity index is 1.91. The summed E-state index contributed by atoms with van der Waals surface area (Å²) in [6.45, 7) is 0.409. The van der Waals surface area contributed by atoms with Crippen LogP contribution in [0.5, 0.6) is 0 Å². The minimum absolute atomic E-state index is 0.00268. The van der Waals surface area contributed by atoms with Crippen LogP contribution in [-0.4, -0.2) is 35.4 Å². The van der Waals surface area contributed by atoms with E-state index in [-0.39, 0.29) is 23.7 Å². The summed E-state index contributed by atoms with van der Waals surface area (Å²) in [6, 6.07) is 6.39. The van der Waals surface area contributed by atoms with Gasteiger partial charge in [0.1, 0.15) is 0 Å². The lowest BCUT2D eigenvalue weighted by atomic mass is 10.1. The van der Waals surface area contributed by atoms with Gasteiger partial charge in [-0.05, 0) is 18.6 Å². The molecule has 0 aromatic heterocycles. The number of benzene rings is 1. The average Bonchev–Trinajstić information content (AvgIpc) is 2.89. The normalized spacial score (nSPS) is 18.7. The second kappa shape index (κ2) is 6.05. The number of hydrogen-bond acceptors (Lipinski definition) is 4. The number of carbonyl (C=O) groups excluding carboxylic acids is 2. The van der Waals surface area contributed by atoms with Crippen LogP contribution in [0.1, 0.15) is 28.8 Å². The SMILES string of the molecule is NC(=NO)c1ccc(C(=O)NCC2CCC(=O)N2)cc1. The van der Waals surface area contributed by atoms with E-state index in [0.29, 0.717) is 24.1 Å². The Bertz CT molecular complexity index is 539. The summed E-state index contributed by atoms with van der Waals surface area (Å²) in [5.41, 5.74) is 6.44. The van der Waals surface area contributed by atoms with Gasteiger partial charge >= 0.3 is 0 Å². The molecule has 0 saturated carbocycles. The maximum Gasteiger partial charge on any atom is 0.251 e. The zero-order chi connectivity index (χ0) is 14.5. The lowest BCUT2D eigenvalue weighted by molar-refractivity contribution is -0.119. The van der Waals surface area contributed by atoms with E-state index in [9.17, 15) is 9.59 Å². The van der Waals surface area contributed by atoms with Crippen molar-refractivity contribution in [3.8, 4) is 0 Å². The van der Waals surface area contributed by atoms with E-state index in [1.54, 1.807) is 24.3 Å². The number of nitrogens with two attached hydrogens (primary N) is 1. The van der Waals surface area contributed by atoms with Crippen molar-refractivity contribution in [2.24, 2.45) is 10.9 Å². The van der Waals surface area contributed by atoms with E-state index in [4.69, 9.17) is 10.9 Å². The third-order valence-corrected chi connectivity index (χ3v) is 3.14. The smallest absolute Gasteiger partial charge is 0.251 e. The molecule has 1 heterocycles. The lowest BCUT2D eigenvalue weighted by Gasteiger charge is -2.11. The molecule has 1 aliphatic heterocycles. The van der Waals surface area contributed by atoms with Crippen LogP contribution in [-0.2, 0) is 4.79 Å². The van der Waals surface area contributed by atoms with Crippen molar-refractivity contribution in [2.45, 2.75) is 18.9 Å². The Labute approximate surface area is 115 Å². The minimum Gasteiger partial charge on any atom is -0.409 e. The van der Waals surface area contributed by atoms with Crippen LogP contribution in [0.3, 0.4) is 0 Å². The molecule has 20 heavy (non-hydrogen) atoms. The van der Waals surface area contributed by atoms with Crippen molar-refractivity contribution < 1.29 is 14.8 Å². The highest BCUT2D eigenvalue weighted by Gasteiger charge is 2.21. The van der Waals surface area contributed by atoms with Crippen molar-refractivity contribution in [2.75, 3.05) is 6.54 Å². The third kappa shape index (κ3) is 3.25. The van der Waals surface area contributed by atoms with Crippen LogP contribution in [0.15, 0.2) is 29.4 Å². The van der Waals surface area contributed by atoms with Crippen LogP contribution < -0.4 is 16.4 Å². The summed E-state index contributed by atoms with van der Waals surface area (Å²) in [7, 11) is 0. The number of nitrogens with zero attached hydrogens (tertiary/aromatic N) is 1. The van der Waals surface area contributed by atoms with Crippen LogP contribution >= 0.6 is 0 Å². The topological polar surface area (TPSA) is 117 Å². The summed E-state index contributed by atoms with van der Waals surface area (Å²) in [4.78, 5) is 22.9. The van der Waals surface area contributed by atoms with Gasteiger partial charge in [0.2, 0.25) is 5.91 Å². The average molecular weight is 276 g/mol. The first-order valence-electron chi connectivity index (χ1n) is 6.25. The number of rotatable bonds is 4. The fraction of sp³-hybridized carbons (Fsp3) is 0.308. The van der Waals surface area contributed by atoms with E-state index >= 15 is 0 Å². The standard InChI is InChI=1S/C13H16N4O3/c14-12(17-20)8-1-3-9(4-2-8)13(19)15-7-10-5-6-11(18)16-10/h1-4,10,20H,5-7H2,(H2,14,17)(H,15,19)(H,16,18). The van der Waals surface area contributed by atoms with Crippen LogP contribution in [0.4, 0.5) is 0 Å². The highest BCUT2D eigenvalue weighted by atomic mass is 16.4. The van der Waals surface area contributed by atoms with Gasteiger partial charge in [-0.3, -0.25) is 9.59 Å². The first-order chi connectivity index (χ1) is 9.60. The molecule has 0 bridgehead atoms. The molecule has 1 aromatic carbocycles. The molecule has 0 radical (unpaired) electrons. The van der Waals surface area contributed by atoms with Crippen LogP contribution in [0, 0.1) is 0 Å². The molecule has 1 atom stereocenters. The van der Waals surface area contributed by atoms with Gasteiger partial charge in [0.05, 0.1) is 0 Å². The molecule has 0 spiro atoms. The van der Waals surface area contributed by atoms with E-state index in [1.807, 2.05) is 0 Å². The minimum atomic E-state index is -0.225. The number of hydrogen-bond donors (Lipinski definition) is 4. The zero-order valence-corrected chi connectivity index (χ0v) is 10.8. The molecular formula is C13H16N4O3. The van der Waals surface area contributed by atoms with Crippen molar-refractivity contribution in [3.63, 3.8) is 0 Å². The summed E-state index contributed by atoms with van der Waals surface area (Å²) < 4.78 is 0. The van der Waals surface area contributed by atoms with E-state index in [2.05, 4.69) is 15.8 Å². The fourth-order valence-corrected chi connectivity index (χ4v) is 2.00. The summed E-state index contributed by atoms with van der Waals surface area (Å²) in [5, 5.41) is 17.0. The number of carbonyl (C=O) groups is 2. The number of oxime groups is 1. The first kappa shape index (κ1) is 13.9. The fourth-order valence-electron chi connectivity index (χ4n) is 2.00. The molecule has 1 fully saturated rings. The van der Waals surface area contributed by atoms with Gasteiger partial charge in [-0.25, -0.2) is 0 Å². The monoisotopic (exact) mass is 276 g/mol. The van der Waals surface area contributed by atoms with Gasteiger partial charge < -0.3 is 21.6 Å². The second-order valence-corrected chi connectivity index (χ2v) is 4.58. The van der Waals surface area contributed by atoms with Gasteiger partial charge in [0, 0.05) is 30.1 Å². The van der Waals surface area contributed by atoms with Gasteiger partial charge in [-0.15, -0.1) is 0 Å². The molecule has 7 nitrogen and oxygen atoms in total. The molecule has 1 saturated heterocycles.